The Labute approximate surface area is 89.6 Å². The van der Waals surface area contributed by atoms with Crippen molar-refractivity contribution in [3.8, 4) is 0 Å². The molecule has 0 bridgehead atoms. The van der Waals surface area contributed by atoms with Crippen molar-refractivity contribution >= 4 is 7.85 Å². The molecule has 76 valence electrons. The van der Waals surface area contributed by atoms with Gasteiger partial charge in [-0.2, -0.15) is 0 Å². The Hall–Kier alpha value is -0.915. The summed E-state index contributed by atoms with van der Waals surface area (Å²) in [6.07, 6.45) is 3.82. The van der Waals surface area contributed by atoms with E-state index < -0.39 is 0 Å². The normalized spacial score (nSPS) is 11.4. The molecule has 0 atom stereocenters. The van der Waals surface area contributed by atoms with Crippen molar-refractivity contribution in [1.29, 1.82) is 0 Å². The molecule has 0 rings (SSSR count). The van der Waals surface area contributed by atoms with Crippen LogP contribution in [0.4, 0.5) is 0 Å². The van der Waals surface area contributed by atoms with E-state index >= 15 is 0 Å². The van der Waals surface area contributed by atoms with Gasteiger partial charge in [0.05, 0.1) is 0 Å². The van der Waals surface area contributed by atoms with Crippen LogP contribution < -0.4 is 0 Å². The molecule has 1 nitrogen and oxygen atoms in total. The summed E-state index contributed by atoms with van der Waals surface area (Å²) < 4.78 is 0. The standard InChI is InChI=1S/C12H20BN/c1-7-12(9(2)3)14(10(4)5)8-11(6)13/h7-8,10H,1H2,2-6H3/b11-8-. The minimum absolute atomic E-state index is 0.386. The fourth-order valence-electron chi connectivity index (χ4n) is 1.28. The third-order valence-corrected chi connectivity index (χ3v) is 1.88. The smallest absolute Gasteiger partial charge is 0.109 e. The highest BCUT2D eigenvalue weighted by Crippen LogP contribution is 2.16. The maximum atomic E-state index is 5.69. The third kappa shape index (κ3) is 3.86. The van der Waals surface area contributed by atoms with Crippen molar-refractivity contribution in [2.75, 3.05) is 0 Å². The molecule has 0 N–H and O–H groups in total. The first-order chi connectivity index (χ1) is 6.40. The predicted octanol–water partition coefficient (Wildman–Crippen LogP) is 3.21. The number of rotatable bonds is 4. The lowest BCUT2D eigenvalue weighted by atomic mass is 9.99. The molecule has 0 aliphatic rings. The van der Waals surface area contributed by atoms with Gasteiger partial charge in [-0.3, -0.25) is 0 Å². The average molecular weight is 189 g/mol. The van der Waals surface area contributed by atoms with Gasteiger partial charge < -0.3 is 4.90 Å². The lowest BCUT2D eigenvalue weighted by Crippen LogP contribution is -2.25. The Morgan fingerprint density at radius 1 is 1.29 bits per heavy atom. The Balaban J connectivity index is 5.11. The summed E-state index contributed by atoms with van der Waals surface area (Å²) in [5.41, 5.74) is 3.18. The van der Waals surface area contributed by atoms with Crippen molar-refractivity contribution in [3.05, 3.63) is 35.6 Å². The SMILES string of the molecule is [B]/C(C)=C\N(C(C=C)=C(C)C)C(C)C. The molecule has 0 heterocycles. The van der Waals surface area contributed by atoms with E-state index in [-0.39, 0.29) is 0 Å². The van der Waals surface area contributed by atoms with Crippen LogP contribution in [0.3, 0.4) is 0 Å². The van der Waals surface area contributed by atoms with Crippen molar-refractivity contribution in [2.24, 2.45) is 0 Å². The van der Waals surface area contributed by atoms with E-state index in [4.69, 9.17) is 7.85 Å². The van der Waals surface area contributed by atoms with Crippen LogP contribution in [0.5, 0.6) is 0 Å². The molecule has 0 aromatic heterocycles. The molecule has 2 radical (unpaired) electrons. The van der Waals surface area contributed by atoms with E-state index in [1.54, 1.807) is 0 Å². The van der Waals surface area contributed by atoms with Crippen LogP contribution in [0.15, 0.2) is 35.6 Å². The molecule has 0 spiro atoms. The molecule has 0 saturated carbocycles. The van der Waals surface area contributed by atoms with Gasteiger partial charge in [0, 0.05) is 11.7 Å². The second-order valence-electron chi connectivity index (χ2n) is 3.96. The van der Waals surface area contributed by atoms with Crippen molar-refractivity contribution in [1.82, 2.24) is 4.90 Å². The quantitative estimate of drug-likeness (QED) is 0.484. The first-order valence-corrected chi connectivity index (χ1v) is 4.92. The fourth-order valence-corrected chi connectivity index (χ4v) is 1.28. The van der Waals surface area contributed by atoms with Crippen LogP contribution in [0.1, 0.15) is 34.6 Å². The van der Waals surface area contributed by atoms with Crippen LogP contribution in [0.2, 0.25) is 0 Å². The zero-order valence-corrected chi connectivity index (χ0v) is 9.96. The Morgan fingerprint density at radius 2 is 1.79 bits per heavy atom. The largest absolute Gasteiger partial charge is 0.346 e. The van der Waals surface area contributed by atoms with Crippen LogP contribution >= 0.6 is 0 Å². The van der Waals surface area contributed by atoms with E-state index in [9.17, 15) is 0 Å². The summed E-state index contributed by atoms with van der Waals surface area (Å²) in [5.74, 6) is 0. The van der Waals surface area contributed by atoms with E-state index in [0.29, 0.717) is 6.04 Å². The second-order valence-corrected chi connectivity index (χ2v) is 3.96. The Bertz CT molecular complexity index is 253. The van der Waals surface area contributed by atoms with Gasteiger partial charge in [0.2, 0.25) is 0 Å². The van der Waals surface area contributed by atoms with Gasteiger partial charge in [-0.15, -0.1) is 5.47 Å². The average Bonchev–Trinajstić information content (AvgIpc) is 2.02. The number of hydrogen-bond donors (Lipinski definition) is 0. The predicted molar refractivity (Wildman–Crippen MR) is 65.1 cm³/mol. The van der Waals surface area contributed by atoms with E-state index in [1.807, 2.05) is 19.2 Å². The molecule has 0 unspecified atom stereocenters. The van der Waals surface area contributed by atoms with Gasteiger partial charge in [-0.05, 0) is 40.0 Å². The minimum atomic E-state index is 0.386. The van der Waals surface area contributed by atoms with E-state index in [0.717, 1.165) is 11.2 Å². The van der Waals surface area contributed by atoms with Crippen molar-refractivity contribution in [2.45, 2.75) is 40.7 Å². The van der Waals surface area contributed by atoms with Crippen LogP contribution in [0, 0.1) is 0 Å². The number of hydrogen-bond acceptors (Lipinski definition) is 1. The zero-order valence-electron chi connectivity index (χ0n) is 9.96. The van der Waals surface area contributed by atoms with Crippen LogP contribution in [-0.4, -0.2) is 18.8 Å². The molecule has 2 heteroatoms. The summed E-state index contributed by atoms with van der Waals surface area (Å²) >= 11 is 0. The van der Waals surface area contributed by atoms with Gasteiger partial charge in [-0.1, -0.05) is 19.1 Å². The zero-order chi connectivity index (χ0) is 11.3. The molecule has 0 aromatic carbocycles. The summed E-state index contributed by atoms with van der Waals surface area (Å²) in [7, 11) is 5.69. The Kier molecular flexibility index (Phi) is 5.36. The molecular formula is C12H20BN. The minimum Gasteiger partial charge on any atom is -0.346 e. The van der Waals surface area contributed by atoms with Gasteiger partial charge in [0.1, 0.15) is 7.85 Å². The molecule has 0 aromatic rings. The monoisotopic (exact) mass is 189 g/mol. The van der Waals surface area contributed by atoms with Crippen LogP contribution in [-0.2, 0) is 0 Å². The molecule has 0 aliphatic heterocycles. The number of nitrogens with zero attached hydrogens (tertiary/aromatic N) is 1. The lowest BCUT2D eigenvalue weighted by molar-refractivity contribution is 0.390. The van der Waals surface area contributed by atoms with Crippen molar-refractivity contribution < 1.29 is 0 Å². The third-order valence-electron chi connectivity index (χ3n) is 1.88. The molecule has 0 saturated heterocycles. The fraction of sp³-hybridized carbons (Fsp3) is 0.500. The molecule has 0 amide bonds. The van der Waals surface area contributed by atoms with E-state index in [1.165, 1.54) is 5.57 Å². The molecule has 0 fully saturated rings. The van der Waals surface area contributed by atoms with Crippen LogP contribution in [0.25, 0.3) is 0 Å². The molecule has 14 heavy (non-hydrogen) atoms. The maximum absolute atomic E-state index is 5.69. The van der Waals surface area contributed by atoms with Gasteiger partial charge in [0.15, 0.2) is 0 Å². The highest BCUT2D eigenvalue weighted by molar-refractivity contribution is 6.21. The van der Waals surface area contributed by atoms with Crippen molar-refractivity contribution in [3.63, 3.8) is 0 Å². The van der Waals surface area contributed by atoms with Gasteiger partial charge in [0.25, 0.3) is 0 Å². The highest BCUT2D eigenvalue weighted by Gasteiger charge is 2.08. The summed E-state index contributed by atoms with van der Waals surface area (Å²) in [6, 6.07) is 0.386. The molecule has 0 aliphatic carbocycles. The Morgan fingerprint density at radius 3 is 2.00 bits per heavy atom. The second kappa shape index (κ2) is 5.74. The highest BCUT2D eigenvalue weighted by atomic mass is 15.1. The summed E-state index contributed by atoms with van der Waals surface area (Å²) in [4.78, 5) is 2.14. The first-order valence-electron chi connectivity index (χ1n) is 4.92. The summed E-state index contributed by atoms with van der Waals surface area (Å²) in [5, 5.41) is 0. The first kappa shape index (κ1) is 13.1. The van der Waals surface area contributed by atoms with Gasteiger partial charge >= 0.3 is 0 Å². The summed E-state index contributed by atoms with van der Waals surface area (Å²) in [6.45, 7) is 14.1. The molecular weight excluding hydrogens is 169 g/mol. The maximum Gasteiger partial charge on any atom is 0.109 e. The lowest BCUT2D eigenvalue weighted by Gasteiger charge is -2.28. The van der Waals surface area contributed by atoms with E-state index in [2.05, 4.69) is 39.2 Å². The van der Waals surface area contributed by atoms with Gasteiger partial charge in [-0.25, -0.2) is 0 Å². The topological polar surface area (TPSA) is 3.24 Å². The number of allylic oxidation sites excluding steroid dienone is 3.